The summed E-state index contributed by atoms with van der Waals surface area (Å²) in [5, 5.41) is 3.74. The van der Waals surface area contributed by atoms with Crippen molar-refractivity contribution in [2.75, 3.05) is 6.54 Å². The van der Waals surface area contributed by atoms with Gasteiger partial charge in [-0.3, -0.25) is 0 Å². The highest BCUT2D eigenvalue weighted by molar-refractivity contribution is 5.18. The minimum atomic E-state index is 0.664. The van der Waals surface area contributed by atoms with Crippen LogP contribution in [0.15, 0.2) is 30.3 Å². The molecule has 1 N–H and O–H groups in total. The van der Waals surface area contributed by atoms with E-state index in [0.717, 1.165) is 18.5 Å². The second kappa shape index (κ2) is 6.94. The molecule has 0 aromatic heterocycles. The molecule has 0 aliphatic heterocycles. The van der Waals surface area contributed by atoms with E-state index in [1.165, 1.54) is 37.7 Å². The maximum absolute atomic E-state index is 3.74. The van der Waals surface area contributed by atoms with Gasteiger partial charge < -0.3 is 5.32 Å². The third-order valence-electron chi connectivity index (χ3n) is 4.19. The van der Waals surface area contributed by atoms with Crippen molar-refractivity contribution in [3.05, 3.63) is 35.9 Å². The molecule has 1 aliphatic carbocycles. The van der Waals surface area contributed by atoms with Crippen LogP contribution >= 0.6 is 0 Å². The molecule has 0 spiro atoms. The van der Waals surface area contributed by atoms with Crippen molar-refractivity contribution in [2.45, 2.75) is 57.9 Å². The largest absolute Gasteiger partial charge is 0.314 e. The molecule has 0 radical (unpaired) electrons. The molecule has 1 nitrogen and oxygen atoms in total. The monoisotopic (exact) mass is 245 g/mol. The molecule has 1 aliphatic rings. The van der Waals surface area contributed by atoms with Gasteiger partial charge in [-0.25, -0.2) is 0 Å². The molecule has 1 aromatic rings. The first-order valence-corrected chi connectivity index (χ1v) is 7.58. The van der Waals surface area contributed by atoms with Gasteiger partial charge >= 0.3 is 0 Å². The van der Waals surface area contributed by atoms with Crippen LogP contribution in [-0.2, 0) is 0 Å². The number of hydrogen-bond donors (Lipinski definition) is 1. The van der Waals surface area contributed by atoms with Gasteiger partial charge in [0.15, 0.2) is 0 Å². The van der Waals surface area contributed by atoms with Gasteiger partial charge in [-0.1, -0.05) is 57.0 Å². The highest BCUT2D eigenvalue weighted by Gasteiger charge is 2.24. The predicted molar refractivity (Wildman–Crippen MR) is 78.9 cm³/mol. The number of benzene rings is 1. The number of nitrogens with one attached hydrogen (secondary N) is 1. The fraction of sp³-hybridized carbons (Fsp3) is 0.647. The van der Waals surface area contributed by atoms with Crippen molar-refractivity contribution in [3.63, 3.8) is 0 Å². The van der Waals surface area contributed by atoms with Crippen LogP contribution in [0.3, 0.4) is 0 Å². The number of hydrogen-bond acceptors (Lipinski definition) is 1. The van der Waals surface area contributed by atoms with E-state index < -0.39 is 0 Å². The average molecular weight is 245 g/mol. The molecule has 1 fully saturated rings. The molecule has 1 aromatic carbocycles. The lowest BCUT2D eigenvalue weighted by atomic mass is 9.97. The molecule has 0 heterocycles. The molecule has 0 saturated heterocycles. The smallest absolute Gasteiger partial charge is 0.00670 e. The first-order chi connectivity index (χ1) is 8.79. The normalized spacial score (nSPS) is 18.6. The van der Waals surface area contributed by atoms with Crippen LogP contribution < -0.4 is 5.32 Å². The molecular formula is C17H27N. The minimum Gasteiger partial charge on any atom is -0.314 e. The van der Waals surface area contributed by atoms with Gasteiger partial charge in [0.25, 0.3) is 0 Å². The lowest BCUT2D eigenvalue weighted by Crippen LogP contribution is -2.30. The van der Waals surface area contributed by atoms with E-state index in [9.17, 15) is 0 Å². The van der Waals surface area contributed by atoms with Crippen molar-refractivity contribution in [1.82, 2.24) is 5.32 Å². The van der Waals surface area contributed by atoms with Crippen molar-refractivity contribution >= 4 is 0 Å². The van der Waals surface area contributed by atoms with Gasteiger partial charge in [0, 0.05) is 6.04 Å². The molecular weight excluding hydrogens is 218 g/mol. The van der Waals surface area contributed by atoms with Gasteiger partial charge in [0.2, 0.25) is 0 Å². The zero-order valence-corrected chi connectivity index (χ0v) is 11.9. The van der Waals surface area contributed by atoms with Crippen molar-refractivity contribution in [1.29, 1.82) is 0 Å². The van der Waals surface area contributed by atoms with Crippen LogP contribution in [-0.4, -0.2) is 12.6 Å². The highest BCUT2D eigenvalue weighted by Crippen LogP contribution is 2.34. The summed E-state index contributed by atoms with van der Waals surface area (Å²) >= 11 is 0. The van der Waals surface area contributed by atoms with E-state index in [-0.39, 0.29) is 0 Å². The number of rotatable bonds is 8. The Bertz CT molecular complexity index is 329. The zero-order chi connectivity index (χ0) is 12.8. The Morgan fingerprint density at radius 1 is 1.22 bits per heavy atom. The van der Waals surface area contributed by atoms with Crippen molar-refractivity contribution in [2.24, 2.45) is 5.92 Å². The molecule has 0 amide bonds. The van der Waals surface area contributed by atoms with Crippen molar-refractivity contribution < 1.29 is 0 Å². The summed E-state index contributed by atoms with van der Waals surface area (Å²) in [5.41, 5.74) is 1.47. The molecule has 2 rings (SSSR count). The van der Waals surface area contributed by atoms with Crippen LogP contribution in [0.4, 0.5) is 0 Å². The fourth-order valence-corrected chi connectivity index (χ4v) is 2.60. The molecule has 0 bridgehead atoms. The lowest BCUT2D eigenvalue weighted by molar-refractivity contribution is 0.434. The van der Waals surface area contributed by atoms with Gasteiger partial charge in [0.1, 0.15) is 0 Å². The second-order valence-corrected chi connectivity index (χ2v) is 5.84. The van der Waals surface area contributed by atoms with Gasteiger partial charge in [-0.05, 0) is 43.2 Å². The van der Waals surface area contributed by atoms with Crippen LogP contribution in [0.5, 0.6) is 0 Å². The Labute approximate surface area is 112 Å². The average Bonchev–Trinajstić information content (AvgIpc) is 3.22. The van der Waals surface area contributed by atoms with Crippen LogP contribution in [0.25, 0.3) is 0 Å². The Hall–Kier alpha value is -0.820. The van der Waals surface area contributed by atoms with E-state index in [4.69, 9.17) is 0 Å². The van der Waals surface area contributed by atoms with Crippen LogP contribution in [0.2, 0.25) is 0 Å². The summed E-state index contributed by atoms with van der Waals surface area (Å²) in [6.45, 7) is 5.79. The first-order valence-electron chi connectivity index (χ1n) is 7.58. The van der Waals surface area contributed by atoms with E-state index >= 15 is 0 Å². The SMILES string of the molecule is CCC(CC1CC1)NCCC(C)c1ccccc1. The maximum Gasteiger partial charge on any atom is 0.00670 e. The Morgan fingerprint density at radius 3 is 2.56 bits per heavy atom. The summed E-state index contributed by atoms with van der Waals surface area (Å²) in [4.78, 5) is 0. The molecule has 100 valence electrons. The molecule has 1 saturated carbocycles. The van der Waals surface area contributed by atoms with E-state index in [2.05, 4.69) is 49.5 Å². The van der Waals surface area contributed by atoms with Crippen LogP contribution in [0.1, 0.15) is 57.4 Å². The third-order valence-corrected chi connectivity index (χ3v) is 4.19. The summed E-state index contributed by atoms with van der Waals surface area (Å²) in [7, 11) is 0. The Kier molecular flexibility index (Phi) is 5.25. The lowest BCUT2D eigenvalue weighted by Gasteiger charge is -2.18. The van der Waals surface area contributed by atoms with Gasteiger partial charge in [0.05, 0.1) is 0 Å². The Morgan fingerprint density at radius 2 is 1.94 bits per heavy atom. The second-order valence-electron chi connectivity index (χ2n) is 5.84. The summed E-state index contributed by atoms with van der Waals surface area (Å²) in [6.07, 6.45) is 6.86. The topological polar surface area (TPSA) is 12.0 Å². The summed E-state index contributed by atoms with van der Waals surface area (Å²) < 4.78 is 0. The standard InChI is InChI=1S/C17H27N/c1-3-17(13-15-9-10-15)18-12-11-14(2)16-7-5-4-6-8-16/h4-8,14-15,17-18H,3,9-13H2,1-2H3. The first kappa shape index (κ1) is 13.6. The van der Waals surface area contributed by atoms with E-state index in [1.807, 2.05) is 0 Å². The van der Waals surface area contributed by atoms with Gasteiger partial charge in [-0.2, -0.15) is 0 Å². The summed E-state index contributed by atoms with van der Waals surface area (Å²) in [6, 6.07) is 11.6. The van der Waals surface area contributed by atoms with E-state index in [0.29, 0.717) is 5.92 Å². The summed E-state index contributed by atoms with van der Waals surface area (Å²) in [5.74, 6) is 1.70. The van der Waals surface area contributed by atoms with Crippen molar-refractivity contribution in [3.8, 4) is 0 Å². The quantitative estimate of drug-likeness (QED) is 0.718. The van der Waals surface area contributed by atoms with E-state index in [1.54, 1.807) is 0 Å². The highest BCUT2D eigenvalue weighted by atomic mass is 14.9. The fourth-order valence-electron chi connectivity index (χ4n) is 2.60. The maximum atomic E-state index is 3.74. The molecule has 2 atom stereocenters. The predicted octanol–water partition coefficient (Wildman–Crippen LogP) is 4.35. The van der Waals surface area contributed by atoms with Crippen LogP contribution in [0, 0.1) is 5.92 Å². The molecule has 18 heavy (non-hydrogen) atoms. The minimum absolute atomic E-state index is 0.664. The molecule has 2 unspecified atom stereocenters. The molecule has 1 heteroatoms. The van der Waals surface area contributed by atoms with Gasteiger partial charge in [-0.15, -0.1) is 0 Å². The Balaban J connectivity index is 1.67. The third kappa shape index (κ3) is 4.45. The zero-order valence-electron chi connectivity index (χ0n) is 11.9.